The number of nitrogens with one attached hydrogen (secondary N) is 1. The van der Waals surface area contributed by atoms with Crippen molar-refractivity contribution in [2.24, 2.45) is 0 Å². The standard InChI is InChI=1S/C38H45N3O6S/c1-6-29(4)39-38(43)36(25-30-12-9-8-10-13-30)40(26-31-14-11-15-34(24-31)46-5)37(42)27-41(32-18-16-28(3)17-19-32)48(44,45)35-22-20-33(21-23-35)47-7-2/h8-24,29,36H,6-7,25-27H2,1-5H3,(H,39,43)/t29-,36+/m0/s1. The lowest BCUT2D eigenvalue weighted by Crippen LogP contribution is -2.54. The summed E-state index contributed by atoms with van der Waals surface area (Å²) in [7, 11) is -2.67. The van der Waals surface area contributed by atoms with Crippen molar-refractivity contribution in [2.75, 3.05) is 24.6 Å². The molecule has 0 unspecified atom stereocenters. The highest BCUT2D eigenvalue weighted by atomic mass is 32.2. The first-order valence-electron chi connectivity index (χ1n) is 16.1. The zero-order valence-electron chi connectivity index (χ0n) is 28.3. The predicted octanol–water partition coefficient (Wildman–Crippen LogP) is 6.15. The first-order chi connectivity index (χ1) is 23.0. The summed E-state index contributed by atoms with van der Waals surface area (Å²) in [5, 5.41) is 3.06. The number of anilines is 1. The van der Waals surface area contributed by atoms with Crippen LogP contribution in [0.15, 0.2) is 108 Å². The summed E-state index contributed by atoms with van der Waals surface area (Å²) in [4.78, 5) is 30.1. The number of hydrogen-bond donors (Lipinski definition) is 1. The van der Waals surface area contributed by atoms with Crippen molar-refractivity contribution in [3.8, 4) is 11.5 Å². The number of aryl methyl sites for hydroxylation is 1. The summed E-state index contributed by atoms with van der Waals surface area (Å²) in [6.45, 7) is 7.58. The minimum Gasteiger partial charge on any atom is -0.497 e. The predicted molar refractivity (Wildman–Crippen MR) is 189 cm³/mol. The van der Waals surface area contributed by atoms with Crippen LogP contribution in [0.5, 0.6) is 11.5 Å². The maximum absolute atomic E-state index is 14.7. The second-order valence-corrected chi connectivity index (χ2v) is 13.5. The minimum atomic E-state index is -4.23. The van der Waals surface area contributed by atoms with Gasteiger partial charge in [0, 0.05) is 19.0 Å². The van der Waals surface area contributed by atoms with Gasteiger partial charge in [0.05, 0.1) is 24.3 Å². The van der Waals surface area contributed by atoms with Gasteiger partial charge in [-0.1, -0.05) is 67.1 Å². The summed E-state index contributed by atoms with van der Waals surface area (Å²) in [5.74, 6) is 0.284. The molecule has 0 saturated carbocycles. The highest BCUT2D eigenvalue weighted by Gasteiger charge is 2.35. The molecule has 2 amide bonds. The Morgan fingerprint density at radius 3 is 2.12 bits per heavy atom. The Morgan fingerprint density at radius 1 is 0.833 bits per heavy atom. The van der Waals surface area contributed by atoms with Crippen LogP contribution in [0.4, 0.5) is 5.69 Å². The Bertz CT molecular complexity index is 1750. The zero-order valence-corrected chi connectivity index (χ0v) is 29.1. The van der Waals surface area contributed by atoms with Crippen molar-refractivity contribution in [3.05, 3.63) is 120 Å². The molecular weight excluding hydrogens is 627 g/mol. The topological polar surface area (TPSA) is 105 Å². The van der Waals surface area contributed by atoms with Crippen LogP contribution in [0, 0.1) is 6.92 Å². The van der Waals surface area contributed by atoms with Crippen LogP contribution in [-0.2, 0) is 32.6 Å². The Balaban J connectivity index is 1.80. The third-order valence-electron chi connectivity index (χ3n) is 8.08. The van der Waals surface area contributed by atoms with Gasteiger partial charge in [0.15, 0.2) is 0 Å². The number of sulfonamides is 1. The van der Waals surface area contributed by atoms with E-state index in [1.54, 1.807) is 55.6 Å². The zero-order chi connectivity index (χ0) is 34.7. The van der Waals surface area contributed by atoms with Gasteiger partial charge >= 0.3 is 0 Å². The molecule has 0 saturated heterocycles. The summed E-state index contributed by atoms with van der Waals surface area (Å²) in [6, 6.07) is 28.8. The summed E-state index contributed by atoms with van der Waals surface area (Å²) in [6.07, 6.45) is 0.935. The van der Waals surface area contributed by atoms with E-state index in [2.05, 4.69) is 5.32 Å². The number of methoxy groups -OCH3 is 1. The lowest BCUT2D eigenvalue weighted by Gasteiger charge is -2.34. The van der Waals surface area contributed by atoms with Gasteiger partial charge < -0.3 is 19.7 Å². The van der Waals surface area contributed by atoms with Gasteiger partial charge in [-0.2, -0.15) is 0 Å². The highest BCUT2D eigenvalue weighted by molar-refractivity contribution is 7.92. The molecular formula is C38H45N3O6S. The largest absolute Gasteiger partial charge is 0.497 e. The molecule has 0 aliphatic carbocycles. The molecule has 1 N–H and O–H groups in total. The van der Waals surface area contributed by atoms with E-state index in [0.717, 1.165) is 21.0 Å². The number of ether oxygens (including phenoxy) is 2. The molecule has 254 valence electrons. The normalized spacial score (nSPS) is 12.4. The lowest BCUT2D eigenvalue weighted by atomic mass is 10.0. The minimum absolute atomic E-state index is 0.00835. The smallest absolute Gasteiger partial charge is 0.264 e. The van der Waals surface area contributed by atoms with Crippen LogP contribution < -0.4 is 19.1 Å². The molecule has 4 aromatic carbocycles. The average Bonchev–Trinajstić information content (AvgIpc) is 3.09. The Kier molecular flexibility index (Phi) is 12.6. The first kappa shape index (κ1) is 36.0. The number of hydrogen-bond acceptors (Lipinski definition) is 6. The number of carbonyl (C=O) groups is 2. The van der Waals surface area contributed by atoms with Crippen LogP contribution in [0.1, 0.15) is 43.9 Å². The van der Waals surface area contributed by atoms with E-state index >= 15 is 0 Å². The van der Waals surface area contributed by atoms with Crippen molar-refractivity contribution >= 4 is 27.5 Å². The summed E-state index contributed by atoms with van der Waals surface area (Å²) < 4.78 is 40.6. The fraction of sp³-hybridized carbons (Fsp3) is 0.316. The van der Waals surface area contributed by atoms with E-state index in [9.17, 15) is 18.0 Å². The van der Waals surface area contributed by atoms with Gasteiger partial charge in [0.1, 0.15) is 24.1 Å². The van der Waals surface area contributed by atoms with Crippen LogP contribution in [0.3, 0.4) is 0 Å². The maximum atomic E-state index is 14.7. The Morgan fingerprint density at radius 2 is 1.50 bits per heavy atom. The van der Waals surface area contributed by atoms with Crippen molar-refractivity contribution in [2.45, 2.75) is 64.1 Å². The fourth-order valence-corrected chi connectivity index (χ4v) is 6.62. The molecule has 0 aliphatic heterocycles. The molecule has 0 bridgehead atoms. The maximum Gasteiger partial charge on any atom is 0.264 e. The second kappa shape index (κ2) is 16.8. The van der Waals surface area contributed by atoms with Crippen LogP contribution >= 0.6 is 0 Å². The number of carbonyl (C=O) groups excluding carboxylic acids is 2. The van der Waals surface area contributed by atoms with Gasteiger partial charge in [-0.25, -0.2) is 8.42 Å². The Labute approximate surface area is 284 Å². The number of rotatable bonds is 16. The van der Waals surface area contributed by atoms with Gasteiger partial charge in [-0.3, -0.25) is 13.9 Å². The molecule has 48 heavy (non-hydrogen) atoms. The molecule has 10 heteroatoms. The monoisotopic (exact) mass is 671 g/mol. The van der Waals surface area contributed by atoms with Crippen LogP contribution in [0.2, 0.25) is 0 Å². The molecule has 0 spiro atoms. The molecule has 0 heterocycles. The molecule has 0 radical (unpaired) electrons. The third kappa shape index (κ3) is 9.38. The SMILES string of the molecule is CCOc1ccc(S(=O)(=O)N(CC(=O)N(Cc2cccc(OC)c2)[C@H](Cc2ccccc2)C(=O)N[C@@H](C)CC)c2ccc(C)cc2)cc1. The molecule has 4 rings (SSSR count). The highest BCUT2D eigenvalue weighted by Crippen LogP contribution is 2.27. The van der Waals surface area contributed by atoms with E-state index in [1.807, 2.05) is 70.2 Å². The molecule has 0 aromatic heterocycles. The third-order valence-corrected chi connectivity index (χ3v) is 9.87. The molecule has 2 atom stereocenters. The van der Waals surface area contributed by atoms with Gasteiger partial charge in [-0.05, 0) is 86.8 Å². The molecule has 4 aromatic rings. The first-order valence-corrected chi connectivity index (χ1v) is 17.6. The quantitative estimate of drug-likeness (QED) is 0.153. The molecule has 0 fully saturated rings. The number of nitrogens with zero attached hydrogens (tertiary/aromatic N) is 2. The molecule has 9 nitrogen and oxygen atoms in total. The van der Waals surface area contributed by atoms with Gasteiger partial charge in [-0.15, -0.1) is 0 Å². The summed E-state index contributed by atoms with van der Waals surface area (Å²) in [5.41, 5.74) is 2.86. The van der Waals surface area contributed by atoms with Crippen molar-refractivity contribution in [1.82, 2.24) is 10.2 Å². The number of amides is 2. The van der Waals surface area contributed by atoms with E-state index < -0.39 is 28.5 Å². The number of benzene rings is 4. The van der Waals surface area contributed by atoms with Crippen molar-refractivity contribution < 1.29 is 27.5 Å². The fourth-order valence-electron chi connectivity index (χ4n) is 5.20. The van der Waals surface area contributed by atoms with Crippen molar-refractivity contribution in [1.29, 1.82) is 0 Å². The van der Waals surface area contributed by atoms with Crippen LogP contribution in [0.25, 0.3) is 0 Å². The molecule has 0 aliphatic rings. The average molecular weight is 672 g/mol. The van der Waals surface area contributed by atoms with Gasteiger partial charge in [0.2, 0.25) is 11.8 Å². The van der Waals surface area contributed by atoms with E-state index in [1.165, 1.54) is 17.0 Å². The van der Waals surface area contributed by atoms with Crippen molar-refractivity contribution in [3.63, 3.8) is 0 Å². The van der Waals surface area contributed by atoms with E-state index in [-0.39, 0.29) is 29.8 Å². The van der Waals surface area contributed by atoms with Gasteiger partial charge in [0.25, 0.3) is 10.0 Å². The van der Waals surface area contributed by atoms with Crippen LogP contribution in [-0.4, -0.2) is 57.5 Å². The Hall–Kier alpha value is -4.83. The van der Waals surface area contributed by atoms with E-state index in [4.69, 9.17) is 9.47 Å². The lowest BCUT2D eigenvalue weighted by molar-refractivity contribution is -0.140. The van der Waals surface area contributed by atoms with E-state index in [0.29, 0.717) is 30.2 Å². The summed E-state index contributed by atoms with van der Waals surface area (Å²) >= 11 is 0. The second-order valence-electron chi connectivity index (χ2n) is 11.6.